The lowest BCUT2D eigenvalue weighted by atomic mass is 10.1. The molecule has 0 unspecified atom stereocenters. The van der Waals surface area contributed by atoms with Crippen molar-refractivity contribution in [3.8, 4) is 17.0 Å². The van der Waals surface area contributed by atoms with Crippen LogP contribution in [-0.4, -0.2) is 40.9 Å². The summed E-state index contributed by atoms with van der Waals surface area (Å²) in [6.45, 7) is 1.40. The molecule has 0 aliphatic rings. The first-order chi connectivity index (χ1) is 13.9. The van der Waals surface area contributed by atoms with Gasteiger partial charge < -0.3 is 14.8 Å². The number of amides is 1. The number of nitrogens with one attached hydrogen (secondary N) is 1. The van der Waals surface area contributed by atoms with Gasteiger partial charge >= 0.3 is 5.97 Å². The summed E-state index contributed by atoms with van der Waals surface area (Å²) in [5, 5.41) is 7.07. The average molecular weight is 414 g/mol. The third kappa shape index (κ3) is 4.66. The molecule has 0 fully saturated rings. The van der Waals surface area contributed by atoms with E-state index in [0.29, 0.717) is 16.3 Å². The van der Waals surface area contributed by atoms with Crippen LogP contribution in [-0.2, 0) is 16.1 Å². The zero-order valence-electron chi connectivity index (χ0n) is 16.0. The highest BCUT2D eigenvalue weighted by atomic mass is 32.1. The molecular weight excluding hydrogens is 396 g/mol. The van der Waals surface area contributed by atoms with E-state index in [9.17, 15) is 14.4 Å². The maximum Gasteiger partial charge on any atom is 0.357 e. The number of carbonyl (C=O) groups excluding carboxylic acids is 2. The van der Waals surface area contributed by atoms with Crippen molar-refractivity contribution >= 4 is 28.3 Å². The van der Waals surface area contributed by atoms with Crippen molar-refractivity contribution in [2.75, 3.05) is 19.5 Å². The fourth-order valence-corrected chi connectivity index (χ4v) is 3.33. The van der Waals surface area contributed by atoms with E-state index in [1.165, 1.54) is 13.2 Å². The van der Waals surface area contributed by atoms with Gasteiger partial charge in [-0.2, -0.15) is 5.10 Å². The third-order valence-electron chi connectivity index (χ3n) is 3.97. The van der Waals surface area contributed by atoms with Gasteiger partial charge in [-0.3, -0.25) is 9.59 Å². The number of aryl methyl sites for hydroxylation is 1. The van der Waals surface area contributed by atoms with E-state index in [1.54, 1.807) is 32.2 Å². The number of nitrogens with zero attached hydrogens (tertiary/aromatic N) is 3. The van der Waals surface area contributed by atoms with Gasteiger partial charge in [0.05, 0.1) is 19.9 Å². The first kappa shape index (κ1) is 20.2. The maximum atomic E-state index is 12.3. The van der Waals surface area contributed by atoms with Crippen molar-refractivity contribution in [3.05, 3.63) is 57.3 Å². The number of hydrogen-bond acceptors (Lipinski definition) is 8. The number of aromatic nitrogens is 3. The molecule has 0 bridgehead atoms. The fraction of sp³-hybridized carbons (Fsp3) is 0.211. The summed E-state index contributed by atoms with van der Waals surface area (Å²) in [5.74, 6) is -0.368. The molecule has 0 aliphatic carbocycles. The topological polar surface area (TPSA) is 112 Å². The summed E-state index contributed by atoms with van der Waals surface area (Å²) in [6, 6.07) is 10.1. The van der Waals surface area contributed by atoms with E-state index < -0.39 is 17.4 Å². The molecule has 9 nitrogen and oxygen atoms in total. The fourth-order valence-electron chi connectivity index (χ4n) is 2.51. The Morgan fingerprint density at radius 2 is 1.86 bits per heavy atom. The Hall–Kier alpha value is -3.53. The molecule has 0 atom stereocenters. The Morgan fingerprint density at radius 1 is 1.14 bits per heavy atom. The third-order valence-corrected chi connectivity index (χ3v) is 4.85. The van der Waals surface area contributed by atoms with E-state index in [2.05, 4.69) is 20.1 Å². The molecule has 10 heteroatoms. The molecule has 150 valence electrons. The van der Waals surface area contributed by atoms with Crippen LogP contribution in [0, 0.1) is 6.92 Å². The first-order valence-electron chi connectivity index (χ1n) is 8.49. The molecule has 2 heterocycles. The number of anilines is 1. The second-order valence-electron chi connectivity index (χ2n) is 5.91. The van der Waals surface area contributed by atoms with Crippen molar-refractivity contribution in [1.82, 2.24) is 14.8 Å². The minimum Gasteiger partial charge on any atom is -0.497 e. The van der Waals surface area contributed by atoms with Gasteiger partial charge in [0.25, 0.3) is 5.56 Å². The lowest BCUT2D eigenvalue weighted by Crippen LogP contribution is -2.29. The number of esters is 1. The number of rotatable bonds is 6. The number of benzene rings is 1. The van der Waals surface area contributed by atoms with Crippen LogP contribution in [0.15, 0.2) is 41.2 Å². The first-order valence-corrected chi connectivity index (χ1v) is 9.31. The molecule has 1 N–H and O–H groups in total. The average Bonchev–Trinajstić information content (AvgIpc) is 3.09. The monoisotopic (exact) mass is 414 g/mol. The highest BCUT2D eigenvalue weighted by molar-refractivity contribution is 7.16. The summed E-state index contributed by atoms with van der Waals surface area (Å²) in [6.07, 6.45) is 0. The van der Waals surface area contributed by atoms with Gasteiger partial charge in [0.1, 0.15) is 12.3 Å². The molecule has 29 heavy (non-hydrogen) atoms. The normalized spacial score (nSPS) is 10.4. The zero-order chi connectivity index (χ0) is 21.0. The van der Waals surface area contributed by atoms with Crippen molar-refractivity contribution in [2.24, 2.45) is 0 Å². The van der Waals surface area contributed by atoms with E-state index in [4.69, 9.17) is 4.74 Å². The molecule has 0 saturated carbocycles. The maximum absolute atomic E-state index is 12.3. The highest BCUT2D eigenvalue weighted by Gasteiger charge is 2.17. The lowest BCUT2D eigenvalue weighted by Gasteiger charge is -2.07. The number of carbonyl (C=O) groups is 2. The molecule has 0 radical (unpaired) electrons. The minimum absolute atomic E-state index is 0.143. The van der Waals surface area contributed by atoms with Crippen molar-refractivity contribution in [1.29, 1.82) is 0 Å². The largest absolute Gasteiger partial charge is 0.497 e. The Morgan fingerprint density at radius 3 is 2.52 bits per heavy atom. The van der Waals surface area contributed by atoms with Crippen molar-refractivity contribution < 1.29 is 19.1 Å². The predicted molar refractivity (Wildman–Crippen MR) is 107 cm³/mol. The number of hydrogen-bond donors (Lipinski definition) is 1. The number of methoxy groups -OCH3 is 2. The van der Waals surface area contributed by atoms with Gasteiger partial charge in [0.2, 0.25) is 5.91 Å². The van der Waals surface area contributed by atoms with Gasteiger partial charge in [0.15, 0.2) is 10.8 Å². The van der Waals surface area contributed by atoms with Crippen LogP contribution in [0.1, 0.15) is 15.4 Å². The SMILES string of the molecule is COC(=O)c1nc(NC(=O)Cn2nc(-c3ccc(OC)cc3)ccc2=O)sc1C. The Labute approximate surface area is 169 Å². The van der Waals surface area contributed by atoms with E-state index in [-0.39, 0.29) is 17.4 Å². The Balaban J connectivity index is 1.76. The molecule has 3 aromatic rings. The molecular formula is C19H18N4O5S. The van der Waals surface area contributed by atoms with Crippen LogP contribution in [0.3, 0.4) is 0 Å². The molecule has 1 amide bonds. The quantitative estimate of drug-likeness (QED) is 0.615. The van der Waals surface area contributed by atoms with E-state index in [1.807, 2.05) is 12.1 Å². The second kappa shape index (κ2) is 8.65. The van der Waals surface area contributed by atoms with Gasteiger partial charge in [-0.05, 0) is 37.3 Å². The number of thiazole rings is 1. The Bertz CT molecular complexity index is 1100. The van der Waals surface area contributed by atoms with Crippen molar-refractivity contribution in [3.63, 3.8) is 0 Å². The van der Waals surface area contributed by atoms with E-state index in [0.717, 1.165) is 21.6 Å². The van der Waals surface area contributed by atoms with Gasteiger partial charge in [-0.15, -0.1) is 11.3 Å². The molecule has 0 spiro atoms. The molecule has 3 rings (SSSR count). The summed E-state index contributed by atoms with van der Waals surface area (Å²) in [5.41, 5.74) is 1.05. The standard InChI is InChI=1S/C19H18N4O5S/c1-11-17(18(26)28-3)21-19(29-11)20-15(24)10-23-16(25)9-8-14(22-23)12-4-6-13(27-2)7-5-12/h4-9H,10H2,1-3H3,(H,20,21,24). The molecule has 0 aliphatic heterocycles. The highest BCUT2D eigenvalue weighted by Crippen LogP contribution is 2.23. The predicted octanol–water partition coefficient (Wildman–Crippen LogP) is 2.11. The van der Waals surface area contributed by atoms with Crippen LogP contribution >= 0.6 is 11.3 Å². The summed E-state index contributed by atoms with van der Waals surface area (Å²) < 4.78 is 10.8. The summed E-state index contributed by atoms with van der Waals surface area (Å²) >= 11 is 1.14. The van der Waals surface area contributed by atoms with Crippen molar-refractivity contribution in [2.45, 2.75) is 13.5 Å². The molecule has 1 aromatic carbocycles. The van der Waals surface area contributed by atoms with Crippen LogP contribution < -0.4 is 15.6 Å². The van der Waals surface area contributed by atoms with E-state index >= 15 is 0 Å². The zero-order valence-corrected chi connectivity index (χ0v) is 16.8. The number of ether oxygens (including phenoxy) is 2. The van der Waals surface area contributed by atoms with Crippen LogP contribution in [0.2, 0.25) is 0 Å². The summed E-state index contributed by atoms with van der Waals surface area (Å²) in [4.78, 5) is 40.8. The van der Waals surface area contributed by atoms with Crippen LogP contribution in [0.25, 0.3) is 11.3 Å². The molecule has 0 saturated heterocycles. The van der Waals surface area contributed by atoms with Crippen LogP contribution in [0.4, 0.5) is 5.13 Å². The Kier molecular flexibility index (Phi) is 6.03. The summed E-state index contributed by atoms with van der Waals surface area (Å²) in [7, 11) is 2.83. The minimum atomic E-state index is -0.579. The second-order valence-corrected chi connectivity index (χ2v) is 7.11. The van der Waals surface area contributed by atoms with Gasteiger partial charge in [-0.1, -0.05) is 0 Å². The smallest absolute Gasteiger partial charge is 0.357 e. The van der Waals surface area contributed by atoms with Gasteiger partial charge in [0, 0.05) is 16.5 Å². The lowest BCUT2D eigenvalue weighted by molar-refractivity contribution is -0.117. The molecule has 2 aromatic heterocycles. The van der Waals surface area contributed by atoms with Gasteiger partial charge in [-0.25, -0.2) is 14.5 Å². The van der Waals surface area contributed by atoms with Crippen LogP contribution in [0.5, 0.6) is 5.75 Å².